The van der Waals surface area contributed by atoms with E-state index in [0.29, 0.717) is 54.9 Å². The first-order chi connectivity index (χ1) is 25.3. The first-order valence-corrected chi connectivity index (χ1v) is 19.4. The van der Waals surface area contributed by atoms with Crippen molar-refractivity contribution >= 4 is 33.7 Å². The van der Waals surface area contributed by atoms with E-state index in [1.165, 1.54) is 0 Å². The number of benzene rings is 1. The fourth-order valence-electron chi connectivity index (χ4n) is 10.2. The Morgan fingerprint density at radius 3 is 2.42 bits per heavy atom. The van der Waals surface area contributed by atoms with E-state index in [0.717, 1.165) is 87.3 Å². The highest BCUT2D eigenvalue weighted by molar-refractivity contribution is 5.99. The molecule has 3 aromatic heterocycles. The van der Waals surface area contributed by atoms with Crippen molar-refractivity contribution in [1.82, 2.24) is 34.5 Å². The van der Waals surface area contributed by atoms with Crippen LogP contribution >= 0.6 is 0 Å². The number of amides is 1. The Morgan fingerprint density at radius 2 is 1.75 bits per heavy atom. The van der Waals surface area contributed by atoms with Gasteiger partial charge in [-0.1, -0.05) is 32.8 Å². The molecule has 5 aliphatic heterocycles. The number of fused-ring (bicyclic) bond motifs is 5. The molecule has 5 atom stereocenters. The molecule has 1 amide bonds. The van der Waals surface area contributed by atoms with Crippen LogP contribution in [0.5, 0.6) is 6.01 Å². The maximum atomic E-state index is 17.3. The summed E-state index contributed by atoms with van der Waals surface area (Å²) in [6.45, 7) is 10.7. The lowest BCUT2D eigenvalue weighted by molar-refractivity contribution is -0.0366. The number of aromatic nitrogens is 5. The van der Waals surface area contributed by atoms with Crippen LogP contribution < -0.4 is 9.64 Å². The van der Waals surface area contributed by atoms with Gasteiger partial charge in [-0.15, -0.1) is 0 Å². The van der Waals surface area contributed by atoms with Gasteiger partial charge in [0.2, 0.25) is 0 Å². The van der Waals surface area contributed by atoms with E-state index >= 15 is 4.39 Å². The van der Waals surface area contributed by atoms with Crippen LogP contribution in [0.2, 0.25) is 0 Å². The van der Waals surface area contributed by atoms with E-state index < -0.39 is 11.9 Å². The molecule has 2 bridgehead atoms. The number of nitrogens with zero attached hydrogens (tertiary/aromatic N) is 8. The molecule has 0 saturated carbocycles. The van der Waals surface area contributed by atoms with Crippen molar-refractivity contribution in [3.63, 3.8) is 0 Å². The van der Waals surface area contributed by atoms with Crippen LogP contribution in [-0.2, 0) is 4.74 Å². The van der Waals surface area contributed by atoms with Crippen molar-refractivity contribution in [2.24, 2.45) is 11.8 Å². The van der Waals surface area contributed by atoms with Crippen LogP contribution in [0.4, 0.5) is 15.0 Å². The monoisotopic (exact) mass is 712 g/mol. The summed E-state index contributed by atoms with van der Waals surface area (Å²) in [6, 6.07) is 3.85. The first-order valence-electron chi connectivity index (χ1n) is 19.4. The fourth-order valence-corrected chi connectivity index (χ4v) is 10.2. The lowest BCUT2D eigenvalue weighted by atomic mass is 9.86. The van der Waals surface area contributed by atoms with Crippen molar-refractivity contribution in [2.45, 2.75) is 102 Å². The Morgan fingerprint density at radius 1 is 1.00 bits per heavy atom. The molecule has 4 aromatic rings. The van der Waals surface area contributed by atoms with E-state index in [1.807, 2.05) is 23.7 Å². The smallest absolute Gasteiger partial charge is 0.407 e. The maximum Gasteiger partial charge on any atom is 0.407 e. The number of anilines is 1. The van der Waals surface area contributed by atoms with Crippen LogP contribution in [0.15, 0.2) is 24.5 Å². The minimum Gasteiger partial charge on any atom is -0.465 e. The summed E-state index contributed by atoms with van der Waals surface area (Å²) in [6.07, 6.45) is 11.4. The first kappa shape index (κ1) is 33.7. The SMILES string of the molecule is CCC1CN2CC(CC)CC2(COc2nc(N3C[C@H]4CC[C@@H](C3)N4C(=O)O)c3cnc(-c4c(C)ccc5c4cnn5C4CCCCO4)c(F)c3n2)C1. The molecule has 276 valence electrons. The van der Waals surface area contributed by atoms with Crippen LogP contribution in [0.3, 0.4) is 0 Å². The van der Waals surface area contributed by atoms with Crippen LogP contribution in [0, 0.1) is 24.6 Å². The largest absolute Gasteiger partial charge is 0.465 e. The number of rotatable bonds is 8. The molecule has 5 fully saturated rings. The van der Waals surface area contributed by atoms with Crippen molar-refractivity contribution in [1.29, 1.82) is 0 Å². The van der Waals surface area contributed by atoms with Crippen LogP contribution in [0.1, 0.15) is 83.4 Å². The van der Waals surface area contributed by atoms with E-state index in [1.54, 1.807) is 17.3 Å². The summed E-state index contributed by atoms with van der Waals surface area (Å²) >= 11 is 0. The van der Waals surface area contributed by atoms with Crippen LogP contribution in [0.25, 0.3) is 33.1 Å². The minimum absolute atomic E-state index is 0.0804. The maximum absolute atomic E-state index is 17.3. The summed E-state index contributed by atoms with van der Waals surface area (Å²) in [4.78, 5) is 33.0. The lowest BCUT2D eigenvalue weighted by Crippen LogP contribution is -2.55. The molecule has 0 aliphatic carbocycles. The highest BCUT2D eigenvalue weighted by atomic mass is 19.1. The van der Waals surface area contributed by atoms with Crippen molar-refractivity contribution < 1.29 is 23.8 Å². The zero-order valence-corrected chi connectivity index (χ0v) is 30.4. The molecule has 13 heteroatoms. The van der Waals surface area contributed by atoms with Gasteiger partial charge < -0.3 is 19.5 Å². The Hall–Kier alpha value is -4.10. The number of ether oxygens (including phenoxy) is 2. The summed E-state index contributed by atoms with van der Waals surface area (Å²) in [5.74, 6) is 1.26. The number of piperazine rings is 1. The van der Waals surface area contributed by atoms with Crippen LogP contribution in [-0.4, -0.2) is 103 Å². The molecular weight excluding hydrogens is 663 g/mol. The lowest BCUT2D eigenvalue weighted by Gasteiger charge is -2.40. The molecule has 1 N–H and O–H groups in total. The Kier molecular flexibility index (Phi) is 8.48. The molecule has 52 heavy (non-hydrogen) atoms. The third kappa shape index (κ3) is 5.48. The standard InChI is InChI=1S/C39H49FN8O4/c1-4-24-14-39(15-25(5-2)19-46(39)18-24)22-52-37-43-34-29(36(44-37)45-20-26-10-11-27(21-45)47(26)38(49)50)16-41-35(33(34)40)32-23(3)9-12-30-28(32)17-42-48(30)31-8-6-7-13-51-31/h9,12,16-17,24-27,31H,4-8,10-11,13-15,18-22H2,1-3H3,(H,49,50)/t24?,25?,26-,27+,31?,39?. The number of aryl methyl sites for hydroxylation is 1. The second-order valence-electron chi connectivity index (χ2n) is 16.0. The number of hydrogen-bond acceptors (Lipinski definition) is 9. The molecule has 0 spiro atoms. The highest BCUT2D eigenvalue weighted by Crippen LogP contribution is 2.46. The molecule has 3 unspecified atom stereocenters. The Labute approximate surface area is 303 Å². The second-order valence-corrected chi connectivity index (χ2v) is 16.0. The van der Waals surface area contributed by atoms with Gasteiger partial charge in [-0.2, -0.15) is 15.1 Å². The minimum atomic E-state index is -0.892. The summed E-state index contributed by atoms with van der Waals surface area (Å²) in [7, 11) is 0. The molecule has 9 rings (SSSR count). The van der Waals surface area contributed by atoms with E-state index in [2.05, 4.69) is 23.6 Å². The predicted molar refractivity (Wildman–Crippen MR) is 195 cm³/mol. The molecule has 0 radical (unpaired) electrons. The molecule has 5 aliphatic rings. The summed E-state index contributed by atoms with van der Waals surface area (Å²) in [5, 5.41) is 16.0. The highest BCUT2D eigenvalue weighted by Gasteiger charge is 2.51. The Bertz CT molecular complexity index is 1990. The van der Waals surface area contributed by atoms with E-state index in [-0.39, 0.29) is 41.1 Å². The van der Waals surface area contributed by atoms with Gasteiger partial charge >= 0.3 is 12.1 Å². The van der Waals surface area contributed by atoms with Gasteiger partial charge in [0.25, 0.3) is 0 Å². The predicted octanol–water partition coefficient (Wildman–Crippen LogP) is 6.80. The van der Waals surface area contributed by atoms with Crippen molar-refractivity contribution in [2.75, 3.05) is 44.3 Å². The second kappa shape index (κ2) is 13.1. The Balaban J connectivity index is 1.13. The summed E-state index contributed by atoms with van der Waals surface area (Å²) in [5.41, 5.74) is 2.72. The van der Waals surface area contributed by atoms with Crippen molar-refractivity contribution in [3.8, 4) is 17.3 Å². The van der Waals surface area contributed by atoms with Gasteiger partial charge in [0.05, 0.1) is 34.7 Å². The van der Waals surface area contributed by atoms with Gasteiger partial charge in [-0.25, -0.2) is 13.9 Å². The number of halogens is 1. The number of carboxylic acid groups (broad SMARTS) is 1. The summed E-state index contributed by atoms with van der Waals surface area (Å²) < 4.78 is 31.8. The zero-order chi connectivity index (χ0) is 35.7. The van der Waals surface area contributed by atoms with Gasteiger partial charge in [0.1, 0.15) is 23.6 Å². The van der Waals surface area contributed by atoms with E-state index in [9.17, 15) is 9.90 Å². The molecular formula is C39H49FN8O4. The third-order valence-corrected chi connectivity index (χ3v) is 12.9. The number of pyridine rings is 1. The normalized spacial score (nSPS) is 29.0. The molecule has 1 aromatic carbocycles. The molecule has 12 nitrogen and oxygen atoms in total. The zero-order valence-electron chi connectivity index (χ0n) is 30.4. The average molecular weight is 713 g/mol. The average Bonchev–Trinajstić information content (AvgIpc) is 3.90. The van der Waals surface area contributed by atoms with Gasteiger partial charge in [-0.3, -0.25) is 14.8 Å². The molecule has 8 heterocycles. The van der Waals surface area contributed by atoms with E-state index in [4.69, 9.17) is 29.5 Å². The quantitative estimate of drug-likeness (QED) is 0.209. The number of carbonyl (C=O) groups is 1. The third-order valence-electron chi connectivity index (χ3n) is 12.9. The molecule has 5 saturated heterocycles. The topological polar surface area (TPSA) is 122 Å². The van der Waals surface area contributed by atoms with Gasteiger partial charge in [0, 0.05) is 49.9 Å². The van der Waals surface area contributed by atoms with Crippen molar-refractivity contribution in [3.05, 3.63) is 35.9 Å². The van der Waals surface area contributed by atoms with Gasteiger partial charge in [-0.05, 0) is 75.3 Å². The van der Waals surface area contributed by atoms with Gasteiger partial charge in [0.15, 0.2) is 12.0 Å². The number of hydrogen-bond donors (Lipinski definition) is 1. The fraction of sp³-hybridized carbons (Fsp3) is 0.615.